The average Bonchev–Trinajstić information content (AvgIpc) is 3.07. The lowest BCUT2D eigenvalue weighted by molar-refractivity contribution is -0.113. The van der Waals surface area contributed by atoms with E-state index in [0.29, 0.717) is 26.3 Å². The molecule has 8 heteroatoms. The van der Waals surface area contributed by atoms with E-state index in [-0.39, 0.29) is 5.91 Å². The summed E-state index contributed by atoms with van der Waals surface area (Å²) in [6, 6.07) is 21.5. The van der Waals surface area contributed by atoms with Gasteiger partial charge in [0.15, 0.2) is 15.8 Å². The van der Waals surface area contributed by atoms with Crippen LogP contribution in [0.2, 0.25) is 0 Å². The highest BCUT2D eigenvalue weighted by Gasteiger charge is 2.33. The number of hydrogen-bond acceptors (Lipinski definition) is 6. The van der Waals surface area contributed by atoms with E-state index in [9.17, 15) is 9.59 Å². The quantitative estimate of drug-likeness (QED) is 0.124. The molecule has 0 bridgehead atoms. The first-order valence-corrected chi connectivity index (χ1v) is 11.8. The zero-order valence-corrected chi connectivity index (χ0v) is 20.6. The fourth-order valence-corrected chi connectivity index (χ4v) is 4.89. The van der Waals surface area contributed by atoms with Crippen LogP contribution in [0.5, 0.6) is 11.5 Å². The van der Waals surface area contributed by atoms with Crippen molar-refractivity contribution in [2.75, 3.05) is 12.0 Å². The van der Waals surface area contributed by atoms with Gasteiger partial charge in [0, 0.05) is 3.57 Å². The molecule has 1 aliphatic rings. The Morgan fingerprint density at radius 3 is 2.53 bits per heavy atom. The molecule has 0 unspecified atom stereocenters. The van der Waals surface area contributed by atoms with Gasteiger partial charge in [0.1, 0.15) is 0 Å². The number of rotatable bonds is 5. The number of esters is 1. The topological polar surface area (TPSA) is 55.8 Å². The van der Waals surface area contributed by atoms with Crippen molar-refractivity contribution in [3.05, 3.63) is 92.4 Å². The van der Waals surface area contributed by atoms with Gasteiger partial charge in [-0.05, 0) is 76.7 Å². The van der Waals surface area contributed by atoms with Crippen LogP contribution in [0.3, 0.4) is 0 Å². The molecule has 1 amide bonds. The Kier molecular flexibility index (Phi) is 6.92. The van der Waals surface area contributed by atoms with Crippen molar-refractivity contribution in [2.45, 2.75) is 0 Å². The molecule has 3 aromatic carbocycles. The summed E-state index contributed by atoms with van der Waals surface area (Å²) in [5.74, 6) is 0.0271. The molecule has 0 N–H and O–H groups in total. The van der Waals surface area contributed by atoms with Crippen LogP contribution >= 0.6 is 46.6 Å². The number of nitrogens with zero attached hydrogens (tertiary/aromatic N) is 1. The first-order valence-electron chi connectivity index (χ1n) is 9.45. The van der Waals surface area contributed by atoms with Crippen LogP contribution in [0.25, 0.3) is 6.08 Å². The third kappa shape index (κ3) is 4.87. The van der Waals surface area contributed by atoms with E-state index >= 15 is 0 Å². The van der Waals surface area contributed by atoms with E-state index in [4.69, 9.17) is 21.7 Å². The molecule has 0 spiro atoms. The number of thiocarbonyl (C=S) groups is 1. The maximum Gasteiger partial charge on any atom is 0.343 e. The molecular weight excluding hydrogens is 557 g/mol. The van der Waals surface area contributed by atoms with Crippen molar-refractivity contribution < 1.29 is 19.1 Å². The summed E-state index contributed by atoms with van der Waals surface area (Å²) in [5.41, 5.74) is 1.91. The van der Waals surface area contributed by atoms with Gasteiger partial charge in [-0.1, -0.05) is 54.3 Å². The minimum atomic E-state index is -0.474. The highest BCUT2D eigenvalue weighted by molar-refractivity contribution is 14.1. The smallest absolute Gasteiger partial charge is 0.343 e. The van der Waals surface area contributed by atoms with Crippen molar-refractivity contribution in [3.8, 4) is 11.5 Å². The molecule has 1 aliphatic heterocycles. The van der Waals surface area contributed by atoms with Crippen molar-refractivity contribution >= 4 is 74.5 Å². The lowest BCUT2D eigenvalue weighted by Gasteiger charge is -2.13. The molecule has 0 atom stereocenters. The highest BCUT2D eigenvalue weighted by atomic mass is 127. The standard InChI is InChI=1S/C24H16INO4S2/c1-29-20-12-15(10-11-19(20)30-23(28)16-6-5-7-17(25)14-16)13-21-22(27)26(24(31)32-21)18-8-3-2-4-9-18/h2-14H,1H3/b21-13-. The molecule has 1 fully saturated rings. The Balaban J connectivity index is 1.56. The third-order valence-electron chi connectivity index (χ3n) is 4.56. The average molecular weight is 573 g/mol. The summed E-state index contributed by atoms with van der Waals surface area (Å²) >= 11 is 8.79. The van der Waals surface area contributed by atoms with Crippen molar-refractivity contribution in [3.63, 3.8) is 0 Å². The Labute approximate surface area is 208 Å². The molecule has 160 valence electrons. The van der Waals surface area contributed by atoms with Crippen molar-refractivity contribution in [1.29, 1.82) is 0 Å². The van der Waals surface area contributed by atoms with Crippen LogP contribution in [0.1, 0.15) is 15.9 Å². The van der Waals surface area contributed by atoms with Gasteiger partial charge in [0.2, 0.25) is 0 Å². The number of benzene rings is 3. The number of ether oxygens (including phenoxy) is 2. The van der Waals surface area contributed by atoms with Crippen LogP contribution in [0.15, 0.2) is 77.7 Å². The van der Waals surface area contributed by atoms with Gasteiger partial charge in [0.25, 0.3) is 5.91 Å². The summed E-state index contributed by atoms with van der Waals surface area (Å²) < 4.78 is 12.4. The fourth-order valence-electron chi connectivity index (χ4n) is 3.05. The minimum Gasteiger partial charge on any atom is -0.493 e. The van der Waals surface area contributed by atoms with E-state index in [1.807, 2.05) is 36.4 Å². The van der Waals surface area contributed by atoms with Gasteiger partial charge in [-0.25, -0.2) is 4.79 Å². The molecule has 5 nitrogen and oxygen atoms in total. The van der Waals surface area contributed by atoms with Gasteiger partial charge >= 0.3 is 5.97 Å². The number of methoxy groups -OCH3 is 1. The fraction of sp³-hybridized carbons (Fsp3) is 0.0417. The van der Waals surface area contributed by atoms with E-state index in [1.165, 1.54) is 23.8 Å². The normalized spacial score (nSPS) is 14.7. The second kappa shape index (κ2) is 9.85. The Morgan fingerprint density at radius 1 is 1.03 bits per heavy atom. The summed E-state index contributed by atoms with van der Waals surface area (Å²) in [6.45, 7) is 0. The monoisotopic (exact) mass is 573 g/mol. The SMILES string of the molecule is COc1cc(/C=C2\SC(=S)N(c3ccccc3)C2=O)ccc1OC(=O)c1cccc(I)c1. The van der Waals surface area contributed by atoms with Crippen LogP contribution < -0.4 is 14.4 Å². The molecule has 0 aliphatic carbocycles. The lowest BCUT2D eigenvalue weighted by Crippen LogP contribution is -2.27. The Morgan fingerprint density at radius 2 is 1.81 bits per heavy atom. The van der Waals surface area contributed by atoms with Crippen LogP contribution in [0, 0.1) is 3.57 Å². The number of hydrogen-bond donors (Lipinski definition) is 0. The number of thioether (sulfide) groups is 1. The van der Waals surface area contributed by atoms with E-state index < -0.39 is 5.97 Å². The number of halogens is 1. The van der Waals surface area contributed by atoms with Gasteiger partial charge in [-0.2, -0.15) is 0 Å². The van der Waals surface area contributed by atoms with Crippen molar-refractivity contribution in [2.24, 2.45) is 0 Å². The lowest BCUT2D eigenvalue weighted by atomic mass is 10.1. The Bertz CT molecular complexity index is 1240. The third-order valence-corrected chi connectivity index (χ3v) is 6.53. The second-order valence-corrected chi connectivity index (χ2v) is 9.58. The highest BCUT2D eigenvalue weighted by Crippen LogP contribution is 2.37. The molecular formula is C24H16INO4S2. The molecule has 0 aromatic heterocycles. The van der Waals surface area contributed by atoms with E-state index in [1.54, 1.807) is 42.5 Å². The molecule has 0 radical (unpaired) electrons. The van der Waals surface area contributed by atoms with Gasteiger partial charge in [-0.3, -0.25) is 9.69 Å². The predicted octanol–water partition coefficient (Wildman–Crippen LogP) is 5.92. The number of para-hydroxylation sites is 1. The molecule has 1 saturated heterocycles. The maximum atomic E-state index is 12.9. The van der Waals surface area contributed by atoms with Crippen LogP contribution in [0.4, 0.5) is 5.69 Å². The number of carbonyl (C=O) groups is 2. The van der Waals surface area contributed by atoms with Gasteiger partial charge < -0.3 is 9.47 Å². The maximum absolute atomic E-state index is 12.9. The van der Waals surface area contributed by atoms with Crippen molar-refractivity contribution in [1.82, 2.24) is 0 Å². The first-order chi connectivity index (χ1) is 15.5. The Hall–Kier alpha value is -2.69. The number of carbonyl (C=O) groups excluding carboxylic acids is 2. The summed E-state index contributed by atoms with van der Waals surface area (Å²) in [4.78, 5) is 27.4. The van der Waals surface area contributed by atoms with Crippen LogP contribution in [-0.2, 0) is 4.79 Å². The zero-order chi connectivity index (χ0) is 22.7. The van der Waals surface area contributed by atoms with E-state index in [0.717, 1.165) is 14.8 Å². The molecule has 0 saturated carbocycles. The summed E-state index contributed by atoms with van der Waals surface area (Å²) in [5, 5.41) is 0. The van der Waals surface area contributed by atoms with Gasteiger partial charge in [0.05, 0.1) is 23.3 Å². The molecule has 1 heterocycles. The molecule has 4 rings (SSSR count). The largest absolute Gasteiger partial charge is 0.493 e. The molecule has 32 heavy (non-hydrogen) atoms. The summed E-state index contributed by atoms with van der Waals surface area (Å²) in [7, 11) is 1.50. The first kappa shape index (κ1) is 22.5. The molecule has 3 aromatic rings. The van der Waals surface area contributed by atoms with Gasteiger partial charge in [-0.15, -0.1) is 0 Å². The number of anilines is 1. The summed E-state index contributed by atoms with van der Waals surface area (Å²) in [6.07, 6.45) is 1.75. The minimum absolute atomic E-state index is 0.181. The van der Waals surface area contributed by atoms with Crippen LogP contribution in [-0.4, -0.2) is 23.3 Å². The van der Waals surface area contributed by atoms with E-state index in [2.05, 4.69) is 22.6 Å². The zero-order valence-electron chi connectivity index (χ0n) is 16.8. The predicted molar refractivity (Wildman–Crippen MR) is 139 cm³/mol. The number of amides is 1. The second-order valence-electron chi connectivity index (χ2n) is 6.66.